The van der Waals surface area contributed by atoms with E-state index in [1.807, 2.05) is 24.5 Å². The molecule has 1 unspecified atom stereocenters. The van der Waals surface area contributed by atoms with Gasteiger partial charge < -0.3 is 13.7 Å². The maximum atomic E-state index is 13.0. The minimum atomic E-state index is -0.248. The van der Waals surface area contributed by atoms with Crippen molar-refractivity contribution < 1.29 is 13.5 Å². The lowest BCUT2D eigenvalue weighted by Crippen LogP contribution is -2.09. The van der Waals surface area contributed by atoms with Gasteiger partial charge in [0.15, 0.2) is 0 Å². The Hall–Kier alpha value is -2.40. The van der Waals surface area contributed by atoms with Gasteiger partial charge in [-0.3, -0.25) is 0 Å². The van der Waals surface area contributed by atoms with E-state index in [0.717, 1.165) is 42.5 Å². The van der Waals surface area contributed by atoms with Crippen LogP contribution >= 0.6 is 0 Å². The highest BCUT2D eigenvalue weighted by molar-refractivity contribution is 5.57. The fourth-order valence-electron chi connectivity index (χ4n) is 2.95. The van der Waals surface area contributed by atoms with Gasteiger partial charge in [0, 0.05) is 30.5 Å². The monoisotopic (exact) mass is 312 g/mol. The van der Waals surface area contributed by atoms with Gasteiger partial charge >= 0.3 is 0 Å². The third kappa shape index (κ3) is 2.92. The number of halogens is 1. The molecular weight excluding hydrogens is 295 g/mol. The van der Waals surface area contributed by atoms with Crippen LogP contribution in [0.2, 0.25) is 0 Å². The number of rotatable bonds is 4. The fourth-order valence-corrected chi connectivity index (χ4v) is 2.95. The van der Waals surface area contributed by atoms with Crippen molar-refractivity contribution in [1.82, 2.24) is 9.55 Å². The molecule has 1 atom stereocenters. The van der Waals surface area contributed by atoms with E-state index >= 15 is 0 Å². The first-order valence-corrected chi connectivity index (χ1v) is 7.73. The van der Waals surface area contributed by atoms with Gasteiger partial charge in [-0.2, -0.15) is 0 Å². The molecule has 0 saturated carbocycles. The average molecular weight is 312 g/mol. The van der Waals surface area contributed by atoms with E-state index in [2.05, 4.69) is 9.55 Å². The summed E-state index contributed by atoms with van der Waals surface area (Å²) in [6, 6.07) is 10.2. The number of imidazole rings is 1. The largest absolute Gasteiger partial charge is 0.459 e. The summed E-state index contributed by atoms with van der Waals surface area (Å²) in [4.78, 5) is 4.47. The first-order valence-electron chi connectivity index (χ1n) is 7.73. The molecule has 1 saturated heterocycles. The second kappa shape index (κ2) is 6.01. The van der Waals surface area contributed by atoms with Crippen molar-refractivity contribution in [3.05, 3.63) is 66.2 Å². The van der Waals surface area contributed by atoms with Crippen LogP contribution in [-0.4, -0.2) is 22.8 Å². The molecule has 1 fully saturated rings. The molecule has 3 aromatic rings. The van der Waals surface area contributed by atoms with Crippen LogP contribution in [0, 0.1) is 5.82 Å². The first-order chi connectivity index (χ1) is 11.3. The quantitative estimate of drug-likeness (QED) is 0.735. The molecule has 0 radical (unpaired) electrons. The fraction of sp³-hybridized carbons (Fsp3) is 0.278. The van der Waals surface area contributed by atoms with Crippen LogP contribution in [0.15, 0.2) is 53.2 Å². The van der Waals surface area contributed by atoms with Crippen LogP contribution < -0.4 is 0 Å². The van der Waals surface area contributed by atoms with Gasteiger partial charge in [-0.05, 0) is 42.8 Å². The number of nitrogens with zero attached hydrogens (tertiary/aromatic N) is 2. The van der Waals surface area contributed by atoms with Crippen molar-refractivity contribution in [2.75, 3.05) is 13.2 Å². The maximum Gasteiger partial charge on any atom is 0.134 e. The van der Waals surface area contributed by atoms with Crippen molar-refractivity contribution >= 4 is 0 Å². The molecule has 4 rings (SSSR count). The standard InChI is InChI=1S/C18H17FN2O2/c19-15-3-1-13(2-4-15)17-6-5-16(23-17)11-21-9-8-20-18(21)14-7-10-22-12-14/h1-6,8-9,14H,7,10-12H2. The first kappa shape index (κ1) is 14.2. The summed E-state index contributed by atoms with van der Waals surface area (Å²) in [5.74, 6) is 2.74. The predicted octanol–water partition coefficient (Wildman–Crippen LogP) is 3.83. The lowest BCUT2D eigenvalue weighted by Gasteiger charge is -2.10. The molecule has 1 aliphatic heterocycles. The Morgan fingerprint density at radius 3 is 2.83 bits per heavy atom. The van der Waals surface area contributed by atoms with Crippen LogP contribution in [0.25, 0.3) is 11.3 Å². The summed E-state index contributed by atoms with van der Waals surface area (Å²) in [6.07, 6.45) is 4.79. The zero-order chi connectivity index (χ0) is 15.6. The molecule has 3 heterocycles. The molecule has 0 bridgehead atoms. The van der Waals surface area contributed by atoms with Gasteiger partial charge in [0.25, 0.3) is 0 Å². The minimum Gasteiger partial charge on any atom is -0.459 e. The van der Waals surface area contributed by atoms with E-state index in [1.165, 1.54) is 12.1 Å². The molecule has 1 aromatic carbocycles. The molecular formula is C18H17FN2O2. The van der Waals surface area contributed by atoms with E-state index < -0.39 is 0 Å². The number of aromatic nitrogens is 2. The van der Waals surface area contributed by atoms with E-state index in [-0.39, 0.29) is 5.82 Å². The van der Waals surface area contributed by atoms with Gasteiger partial charge in [-0.25, -0.2) is 9.37 Å². The van der Waals surface area contributed by atoms with Crippen molar-refractivity contribution in [2.24, 2.45) is 0 Å². The zero-order valence-corrected chi connectivity index (χ0v) is 12.6. The molecule has 5 heteroatoms. The highest BCUT2D eigenvalue weighted by Crippen LogP contribution is 2.26. The normalized spacial score (nSPS) is 17.7. The summed E-state index contributed by atoms with van der Waals surface area (Å²) in [6.45, 7) is 2.16. The van der Waals surface area contributed by atoms with Gasteiger partial charge in [-0.1, -0.05) is 0 Å². The zero-order valence-electron chi connectivity index (χ0n) is 12.6. The Bertz CT molecular complexity index is 785. The molecule has 0 amide bonds. The smallest absolute Gasteiger partial charge is 0.134 e. The number of hydrogen-bond donors (Lipinski definition) is 0. The highest BCUT2D eigenvalue weighted by Gasteiger charge is 2.22. The molecule has 1 aliphatic rings. The number of ether oxygens (including phenoxy) is 1. The average Bonchev–Trinajstić information content (AvgIpc) is 3.29. The molecule has 0 N–H and O–H groups in total. The Balaban J connectivity index is 1.54. The summed E-state index contributed by atoms with van der Waals surface area (Å²) >= 11 is 0. The van der Waals surface area contributed by atoms with Gasteiger partial charge in [0.2, 0.25) is 0 Å². The van der Waals surface area contributed by atoms with Crippen LogP contribution in [-0.2, 0) is 11.3 Å². The molecule has 23 heavy (non-hydrogen) atoms. The third-order valence-corrected chi connectivity index (χ3v) is 4.16. The van der Waals surface area contributed by atoms with Crippen LogP contribution in [0.5, 0.6) is 0 Å². The second-order valence-corrected chi connectivity index (χ2v) is 5.75. The lowest BCUT2D eigenvalue weighted by molar-refractivity contribution is 0.192. The topological polar surface area (TPSA) is 40.2 Å². The Morgan fingerprint density at radius 1 is 1.17 bits per heavy atom. The highest BCUT2D eigenvalue weighted by atomic mass is 19.1. The number of benzene rings is 1. The van der Waals surface area contributed by atoms with Crippen molar-refractivity contribution in [1.29, 1.82) is 0 Å². The van der Waals surface area contributed by atoms with E-state index in [0.29, 0.717) is 12.5 Å². The lowest BCUT2D eigenvalue weighted by atomic mass is 10.1. The van der Waals surface area contributed by atoms with Crippen molar-refractivity contribution in [3.63, 3.8) is 0 Å². The molecule has 2 aromatic heterocycles. The predicted molar refractivity (Wildman–Crippen MR) is 83.6 cm³/mol. The minimum absolute atomic E-state index is 0.248. The van der Waals surface area contributed by atoms with E-state index in [1.54, 1.807) is 12.1 Å². The van der Waals surface area contributed by atoms with E-state index in [4.69, 9.17) is 9.15 Å². The number of hydrogen-bond acceptors (Lipinski definition) is 3. The second-order valence-electron chi connectivity index (χ2n) is 5.75. The van der Waals surface area contributed by atoms with Gasteiger partial charge in [-0.15, -0.1) is 0 Å². The Kier molecular flexibility index (Phi) is 3.71. The molecule has 0 aliphatic carbocycles. The summed E-state index contributed by atoms with van der Waals surface area (Å²) in [7, 11) is 0. The molecule has 118 valence electrons. The van der Waals surface area contributed by atoms with Gasteiger partial charge in [0.05, 0.1) is 13.2 Å². The maximum absolute atomic E-state index is 13.0. The molecule has 4 nitrogen and oxygen atoms in total. The summed E-state index contributed by atoms with van der Waals surface area (Å²) in [5, 5.41) is 0. The summed E-state index contributed by atoms with van der Waals surface area (Å²) < 4.78 is 26.5. The van der Waals surface area contributed by atoms with Crippen molar-refractivity contribution in [2.45, 2.75) is 18.9 Å². The van der Waals surface area contributed by atoms with Gasteiger partial charge in [0.1, 0.15) is 23.2 Å². The van der Waals surface area contributed by atoms with Crippen molar-refractivity contribution in [3.8, 4) is 11.3 Å². The number of furan rings is 1. The third-order valence-electron chi connectivity index (χ3n) is 4.16. The SMILES string of the molecule is Fc1ccc(-c2ccc(Cn3ccnc3C3CCOC3)o2)cc1. The van der Waals surface area contributed by atoms with Crippen LogP contribution in [0.1, 0.15) is 23.9 Å². The molecule has 0 spiro atoms. The van der Waals surface area contributed by atoms with Crippen LogP contribution in [0.3, 0.4) is 0 Å². The van der Waals surface area contributed by atoms with Crippen LogP contribution in [0.4, 0.5) is 4.39 Å². The Morgan fingerprint density at radius 2 is 2.04 bits per heavy atom. The Labute approximate surface area is 133 Å². The summed E-state index contributed by atoms with van der Waals surface area (Å²) in [5.41, 5.74) is 0.868. The van der Waals surface area contributed by atoms with E-state index in [9.17, 15) is 4.39 Å².